The maximum Gasteiger partial charge on any atom is 0.227 e. The van der Waals surface area contributed by atoms with E-state index in [4.69, 9.17) is 0 Å². The Kier molecular flexibility index (Phi) is 4.09. The zero-order valence-electron chi connectivity index (χ0n) is 11.8. The predicted molar refractivity (Wildman–Crippen MR) is 82.0 cm³/mol. The maximum atomic E-state index is 12.3. The summed E-state index contributed by atoms with van der Waals surface area (Å²) in [4.78, 5) is 14.4. The normalized spacial score (nSPS) is 15.7. The third-order valence-electron chi connectivity index (χ3n) is 3.79. The van der Waals surface area contributed by atoms with Crippen molar-refractivity contribution in [1.29, 1.82) is 0 Å². The minimum Gasteiger partial charge on any atom is -0.355 e. The van der Waals surface area contributed by atoms with Crippen molar-refractivity contribution in [2.24, 2.45) is 5.92 Å². The van der Waals surface area contributed by atoms with Crippen LogP contribution in [0.25, 0.3) is 0 Å². The summed E-state index contributed by atoms with van der Waals surface area (Å²) >= 11 is 0. The Bertz CT molecular complexity index is 580. The largest absolute Gasteiger partial charge is 0.355 e. The molecule has 2 aromatic rings. The van der Waals surface area contributed by atoms with Gasteiger partial charge in [-0.3, -0.25) is 4.79 Å². The summed E-state index contributed by atoms with van der Waals surface area (Å²) in [7, 11) is 0. The summed E-state index contributed by atoms with van der Waals surface area (Å²) in [6.45, 7) is 1.68. The summed E-state index contributed by atoms with van der Waals surface area (Å²) in [6.07, 6.45) is 3.36. The number of nitrogens with one attached hydrogen (secondary N) is 1. The number of para-hydroxylation sites is 1. The Labute approximate surface area is 124 Å². The van der Waals surface area contributed by atoms with Gasteiger partial charge in [0.15, 0.2) is 5.82 Å². The quantitative estimate of drug-likeness (QED) is 0.938. The van der Waals surface area contributed by atoms with Crippen molar-refractivity contribution in [2.75, 3.05) is 23.3 Å². The van der Waals surface area contributed by atoms with E-state index in [9.17, 15) is 4.79 Å². The number of rotatable bonds is 3. The number of aromatic nitrogens is 2. The molecule has 0 aliphatic carbocycles. The van der Waals surface area contributed by atoms with Crippen LogP contribution in [0, 0.1) is 5.92 Å². The van der Waals surface area contributed by atoms with Gasteiger partial charge in [0.25, 0.3) is 0 Å². The number of hydrogen-bond donors (Lipinski definition) is 1. The Balaban J connectivity index is 1.55. The molecule has 0 saturated carbocycles. The lowest BCUT2D eigenvalue weighted by atomic mass is 9.96. The van der Waals surface area contributed by atoms with Crippen LogP contribution in [0.3, 0.4) is 0 Å². The van der Waals surface area contributed by atoms with Gasteiger partial charge in [0, 0.05) is 30.9 Å². The van der Waals surface area contributed by atoms with Crippen LogP contribution in [0.5, 0.6) is 0 Å². The van der Waals surface area contributed by atoms with E-state index < -0.39 is 0 Å². The monoisotopic (exact) mass is 282 g/mol. The Morgan fingerprint density at radius 3 is 2.52 bits per heavy atom. The van der Waals surface area contributed by atoms with E-state index in [1.165, 1.54) is 0 Å². The molecule has 1 saturated heterocycles. The smallest absolute Gasteiger partial charge is 0.227 e. The molecule has 5 nitrogen and oxygen atoms in total. The first-order valence-electron chi connectivity index (χ1n) is 7.21. The average Bonchev–Trinajstić information content (AvgIpc) is 2.57. The van der Waals surface area contributed by atoms with Crippen molar-refractivity contribution >= 4 is 17.4 Å². The van der Waals surface area contributed by atoms with Gasteiger partial charge in [-0.05, 0) is 37.1 Å². The topological polar surface area (TPSA) is 58.1 Å². The zero-order chi connectivity index (χ0) is 14.5. The molecule has 3 rings (SSSR count). The fraction of sp³-hybridized carbons (Fsp3) is 0.312. The highest BCUT2D eigenvalue weighted by molar-refractivity contribution is 5.92. The third kappa shape index (κ3) is 3.37. The van der Waals surface area contributed by atoms with Crippen LogP contribution in [0.15, 0.2) is 48.7 Å². The number of anilines is 2. The molecule has 0 spiro atoms. The van der Waals surface area contributed by atoms with Crippen LogP contribution in [-0.2, 0) is 4.79 Å². The number of hydrogen-bond acceptors (Lipinski definition) is 4. The summed E-state index contributed by atoms with van der Waals surface area (Å²) in [5.41, 5.74) is 0.860. The van der Waals surface area contributed by atoms with Crippen LogP contribution in [0.4, 0.5) is 11.5 Å². The van der Waals surface area contributed by atoms with Crippen molar-refractivity contribution in [2.45, 2.75) is 12.8 Å². The number of carbonyl (C=O) groups excluding carboxylic acids is 1. The van der Waals surface area contributed by atoms with Gasteiger partial charge in [0.05, 0.1) is 0 Å². The summed E-state index contributed by atoms with van der Waals surface area (Å²) in [6, 6.07) is 13.4. The van der Waals surface area contributed by atoms with Crippen LogP contribution in [-0.4, -0.2) is 29.2 Å². The van der Waals surface area contributed by atoms with Crippen molar-refractivity contribution in [1.82, 2.24) is 10.2 Å². The molecule has 1 fully saturated rings. The Morgan fingerprint density at radius 2 is 1.86 bits per heavy atom. The molecule has 1 aromatic heterocycles. The van der Waals surface area contributed by atoms with Crippen molar-refractivity contribution < 1.29 is 4.79 Å². The van der Waals surface area contributed by atoms with Crippen LogP contribution in [0.2, 0.25) is 0 Å². The third-order valence-corrected chi connectivity index (χ3v) is 3.79. The summed E-state index contributed by atoms with van der Waals surface area (Å²) in [5, 5.41) is 11.0. The SMILES string of the molecule is O=C(Nc1ccccc1)C1CCN(c2cccnn2)CC1. The Hall–Kier alpha value is -2.43. The molecular weight excluding hydrogens is 264 g/mol. The van der Waals surface area contributed by atoms with Crippen molar-refractivity contribution in [3.8, 4) is 0 Å². The predicted octanol–water partition coefficient (Wildman–Crippen LogP) is 2.33. The molecule has 0 unspecified atom stereocenters. The van der Waals surface area contributed by atoms with Crippen LogP contribution in [0.1, 0.15) is 12.8 Å². The first-order chi connectivity index (χ1) is 10.3. The van der Waals surface area contributed by atoms with E-state index in [0.717, 1.165) is 37.4 Å². The van der Waals surface area contributed by atoms with E-state index >= 15 is 0 Å². The highest BCUT2D eigenvalue weighted by atomic mass is 16.1. The molecular formula is C16H18N4O. The number of benzene rings is 1. The van der Waals surface area contributed by atoms with Crippen molar-refractivity contribution in [3.63, 3.8) is 0 Å². The second-order valence-electron chi connectivity index (χ2n) is 5.20. The molecule has 0 radical (unpaired) electrons. The van der Waals surface area contributed by atoms with E-state index in [0.29, 0.717) is 0 Å². The molecule has 2 heterocycles. The lowest BCUT2D eigenvalue weighted by Crippen LogP contribution is -2.38. The lowest BCUT2D eigenvalue weighted by Gasteiger charge is -2.31. The minimum atomic E-state index is 0.0677. The van der Waals surface area contributed by atoms with Gasteiger partial charge in [0.1, 0.15) is 0 Å². The standard InChI is InChI=1S/C16H18N4O/c21-16(18-14-5-2-1-3-6-14)13-8-11-20(12-9-13)15-7-4-10-17-19-15/h1-7,10,13H,8-9,11-12H2,(H,18,21). The van der Waals surface area contributed by atoms with Gasteiger partial charge < -0.3 is 10.2 Å². The molecule has 0 bridgehead atoms. The van der Waals surface area contributed by atoms with Crippen LogP contribution >= 0.6 is 0 Å². The summed E-state index contributed by atoms with van der Waals surface area (Å²) < 4.78 is 0. The minimum absolute atomic E-state index is 0.0677. The molecule has 1 aliphatic rings. The molecule has 1 amide bonds. The first kappa shape index (κ1) is 13.5. The number of piperidine rings is 1. The fourth-order valence-corrected chi connectivity index (χ4v) is 2.60. The molecule has 1 N–H and O–H groups in total. The fourth-order valence-electron chi connectivity index (χ4n) is 2.60. The molecule has 108 valence electrons. The van der Waals surface area contributed by atoms with E-state index in [1.807, 2.05) is 42.5 Å². The van der Waals surface area contributed by atoms with Crippen molar-refractivity contribution in [3.05, 3.63) is 48.7 Å². The maximum absolute atomic E-state index is 12.3. The Morgan fingerprint density at radius 1 is 1.10 bits per heavy atom. The van der Waals surface area contributed by atoms with E-state index in [1.54, 1.807) is 6.20 Å². The highest BCUT2D eigenvalue weighted by Gasteiger charge is 2.25. The zero-order valence-corrected chi connectivity index (χ0v) is 11.8. The van der Waals surface area contributed by atoms with E-state index in [-0.39, 0.29) is 11.8 Å². The van der Waals surface area contributed by atoms with Gasteiger partial charge in [-0.25, -0.2) is 0 Å². The molecule has 1 aliphatic heterocycles. The number of amides is 1. The lowest BCUT2D eigenvalue weighted by molar-refractivity contribution is -0.120. The van der Waals surface area contributed by atoms with Gasteiger partial charge >= 0.3 is 0 Å². The average molecular weight is 282 g/mol. The first-order valence-corrected chi connectivity index (χ1v) is 7.21. The second-order valence-corrected chi connectivity index (χ2v) is 5.20. The second kappa shape index (κ2) is 6.35. The number of nitrogens with zero attached hydrogens (tertiary/aromatic N) is 3. The van der Waals surface area contributed by atoms with Gasteiger partial charge in [-0.1, -0.05) is 18.2 Å². The molecule has 5 heteroatoms. The number of carbonyl (C=O) groups is 1. The van der Waals surface area contributed by atoms with Crippen LogP contribution < -0.4 is 10.2 Å². The van der Waals surface area contributed by atoms with Gasteiger partial charge in [-0.2, -0.15) is 5.10 Å². The van der Waals surface area contributed by atoms with Gasteiger partial charge in [-0.15, -0.1) is 5.10 Å². The molecule has 21 heavy (non-hydrogen) atoms. The molecule has 1 aromatic carbocycles. The molecule has 0 atom stereocenters. The summed E-state index contributed by atoms with van der Waals surface area (Å²) in [5.74, 6) is 1.07. The highest BCUT2D eigenvalue weighted by Crippen LogP contribution is 2.22. The van der Waals surface area contributed by atoms with E-state index in [2.05, 4.69) is 20.4 Å². The van der Waals surface area contributed by atoms with Gasteiger partial charge in [0.2, 0.25) is 5.91 Å².